The number of unbranched alkanes of at least 4 members (excludes halogenated alkanes) is 21. The predicted molar refractivity (Wildman–Crippen MR) is 221 cm³/mol. The van der Waals surface area contributed by atoms with Gasteiger partial charge in [-0.25, -0.2) is 4.57 Å². The monoisotopic (exact) mass is 756 g/mol. The van der Waals surface area contributed by atoms with E-state index in [0.717, 1.165) is 51.4 Å². The predicted octanol–water partition coefficient (Wildman–Crippen LogP) is 11.5. The molecule has 0 radical (unpaired) electrons. The van der Waals surface area contributed by atoms with Crippen molar-refractivity contribution in [3.05, 3.63) is 36.5 Å². The number of phosphoric acid groups is 1. The summed E-state index contributed by atoms with van der Waals surface area (Å²) in [7, 11) is 1.55. The number of allylic oxidation sites excluding steroid dienone is 5. The highest BCUT2D eigenvalue weighted by Gasteiger charge is 2.27. The molecule has 0 aromatic heterocycles. The van der Waals surface area contributed by atoms with Crippen LogP contribution in [0, 0.1) is 0 Å². The van der Waals surface area contributed by atoms with Crippen molar-refractivity contribution in [2.75, 3.05) is 40.9 Å². The van der Waals surface area contributed by atoms with Gasteiger partial charge in [0.1, 0.15) is 13.2 Å². The van der Waals surface area contributed by atoms with E-state index in [2.05, 4.69) is 43.5 Å². The summed E-state index contributed by atoms with van der Waals surface area (Å²) in [6.45, 7) is 4.71. The van der Waals surface area contributed by atoms with Gasteiger partial charge >= 0.3 is 7.82 Å². The van der Waals surface area contributed by atoms with Gasteiger partial charge in [-0.3, -0.25) is 13.8 Å². The molecule has 0 fully saturated rings. The second-order valence-electron chi connectivity index (χ2n) is 15.7. The van der Waals surface area contributed by atoms with Crippen LogP contribution in [-0.4, -0.2) is 73.4 Å². The first-order valence-electron chi connectivity index (χ1n) is 21.4. The van der Waals surface area contributed by atoms with E-state index >= 15 is 0 Å². The highest BCUT2D eigenvalue weighted by Crippen LogP contribution is 2.43. The van der Waals surface area contributed by atoms with Gasteiger partial charge in [0.25, 0.3) is 0 Å². The van der Waals surface area contributed by atoms with Crippen LogP contribution >= 0.6 is 7.82 Å². The van der Waals surface area contributed by atoms with Crippen LogP contribution in [0.25, 0.3) is 0 Å². The molecule has 0 aromatic carbocycles. The average Bonchev–Trinajstić information content (AvgIpc) is 3.09. The van der Waals surface area contributed by atoms with Crippen LogP contribution in [0.1, 0.15) is 181 Å². The van der Waals surface area contributed by atoms with E-state index in [1.165, 1.54) is 109 Å². The Hall–Kier alpha value is -1.28. The van der Waals surface area contributed by atoms with Gasteiger partial charge in [-0.15, -0.1) is 0 Å². The summed E-state index contributed by atoms with van der Waals surface area (Å²) < 4.78 is 23.5. The fraction of sp³-hybridized carbons (Fsp3) is 0.837. The van der Waals surface area contributed by atoms with Gasteiger partial charge in [-0.1, -0.05) is 172 Å². The number of hydrogen-bond acceptors (Lipinski definition) is 5. The summed E-state index contributed by atoms with van der Waals surface area (Å²) in [6.07, 6.45) is 42.2. The first-order chi connectivity index (χ1) is 25.0. The fourth-order valence-corrected chi connectivity index (χ4v) is 6.64. The Labute approximate surface area is 321 Å². The van der Waals surface area contributed by atoms with Crippen LogP contribution < -0.4 is 5.32 Å². The lowest BCUT2D eigenvalue weighted by Gasteiger charge is -2.25. The Bertz CT molecular complexity index is 948. The highest BCUT2D eigenvalue weighted by atomic mass is 31.2. The molecule has 9 heteroatoms. The minimum atomic E-state index is -4.34. The van der Waals surface area contributed by atoms with Gasteiger partial charge in [-0.2, -0.15) is 0 Å². The smallest absolute Gasteiger partial charge is 0.387 e. The van der Waals surface area contributed by atoms with E-state index in [0.29, 0.717) is 17.4 Å². The molecule has 52 heavy (non-hydrogen) atoms. The van der Waals surface area contributed by atoms with Crippen molar-refractivity contribution in [3.8, 4) is 0 Å². The Kier molecular flexibility index (Phi) is 34.6. The molecule has 3 atom stereocenters. The SMILES string of the molecule is CCC/C=C/CC/C=C/CC/C=C/C(O)C(COP(=O)(O)OCC[N+](C)(C)C)NC(=O)CCCCCCCCCCCCCCCCCCCCC. The molecular weight excluding hydrogens is 671 g/mol. The molecule has 8 nitrogen and oxygen atoms in total. The van der Waals surface area contributed by atoms with E-state index in [1.807, 2.05) is 27.2 Å². The summed E-state index contributed by atoms with van der Waals surface area (Å²) in [4.78, 5) is 23.0. The molecule has 0 spiro atoms. The third-order valence-electron chi connectivity index (χ3n) is 9.32. The topological polar surface area (TPSA) is 105 Å². The molecule has 3 N–H and O–H groups in total. The first kappa shape index (κ1) is 50.7. The Morgan fingerprint density at radius 3 is 1.50 bits per heavy atom. The largest absolute Gasteiger partial charge is 0.472 e. The van der Waals surface area contributed by atoms with E-state index in [1.54, 1.807) is 6.08 Å². The molecular formula is C43H84N2O6P+. The minimum Gasteiger partial charge on any atom is -0.387 e. The van der Waals surface area contributed by atoms with Crippen molar-refractivity contribution in [1.29, 1.82) is 0 Å². The molecule has 3 unspecified atom stereocenters. The maximum Gasteiger partial charge on any atom is 0.472 e. The number of aliphatic hydroxyl groups is 1. The van der Waals surface area contributed by atoms with Gasteiger partial charge in [0.05, 0.1) is 39.9 Å². The Balaban J connectivity index is 4.38. The molecule has 0 heterocycles. The van der Waals surface area contributed by atoms with Gasteiger partial charge in [0, 0.05) is 6.42 Å². The molecule has 1 amide bonds. The molecule has 0 aliphatic heterocycles. The number of quaternary nitrogens is 1. The summed E-state index contributed by atoms with van der Waals surface area (Å²) in [5.41, 5.74) is 0. The zero-order chi connectivity index (χ0) is 38.6. The average molecular weight is 756 g/mol. The number of hydrogen-bond donors (Lipinski definition) is 3. The number of carbonyl (C=O) groups excluding carboxylic acids is 1. The number of likely N-dealkylation sites (N-methyl/N-ethyl adjacent to an activating group) is 1. The van der Waals surface area contributed by atoms with Crippen molar-refractivity contribution in [2.45, 2.75) is 193 Å². The van der Waals surface area contributed by atoms with Crippen LogP contribution in [0.15, 0.2) is 36.5 Å². The number of amides is 1. The quantitative estimate of drug-likeness (QED) is 0.0251. The number of nitrogens with one attached hydrogen (secondary N) is 1. The fourth-order valence-electron chi connectivity index (χ4n) is 5.90. The van der Waals surface area contributed by atoms with Crippen LogP contribution in [0.4, 0.5) is 0 Å². The molecule has 0 saturated carbocycles. The number of nitrogens with zero attached hydrogens (tertiary/aromatic N) is 1. The van der Waals surface area contributed by atoms with Crippen molar-refractivity contribution in [1.82, 2.24) is 5.32 Å². The van der Waals surface area contributed by atoms with Gasteiger partial charge < -0.3 is 19.8 Å². The lowest BCUT2D eigenvalue weighted by molar-refractivity contribution is -0.870. The molecule has 0 rings (SSSR count). The number of phosphoric ester groups is 1. The maximum absolute atomic E-state index is 12.8. The van der Waals surface area contributed by atoms with Crippen molar-refractivity contribution < 1.29 is 32.9 Å². The van der Waals surface area contributed by atoms with Crippen LogP contribution in [0.2, 0.25) is 0 Å². The molecule has 0 aliphatic rings. The number of carbonyl (C=O) groups is 1. The van der Waals surface area contributed by atoms with E-state index in [4.69, 9.17) is 9.05 Å². The Morgan fingerprint density at radius 2 is 1.06 bits per heavy atom. The van der Waals surface area contributed by atoms with Gasteiger partial charge in [0.15, 0.2) is 0 Å². The van der Waals surface area contributed by atoms with Crippen molar-refractivity contribution >= 4 is 13.7 Å². The zero-order valence-corrected chi connectivity index (χ0v) is 35.4. The van der Waals surface area contributed by atoms with Crippen LogP contribution in [0.5, 0.6) is 0 Å². The van der Waals surface area contributed by atoms with Gasteiger partial charge in [0.2, 0.25) is 5.91 Å². The van der Waals surface area contributed by atoms with Crippen LogP contribution in [0.3, 0.4) is 0 Å². The molecule has 0 aliphatic carbocycles. The zero-order valence-electron chi connectivity index (χ0n) is 34.5. The number of rotatable bonds is 38. The van der Waals surface area contributed by atoms with E-state index < -0.39 is 20.0 Å². The normalized spacial score (nSPS) is 14.8. The number of aliphatic hydroxyl groups excluding tert-OH is 1. The van der Waals surface area contributed by atoms with Crippen molar-refractivity contribution in [2.24, 2.45) is 0 Å². The molecule has 0 aromatic rings. The third kappa shape index (κ3) is 37.1. The van der Waals surface area contributed by atoms with E-state index in [-0.39, 0.29) is 19.1 Å². The minimum absolute atomic E-state index is 0.0543. The highest BCUT2D eigenvalue weighted by molar-refractivity contribution is 7.47. The van der Waals surface area contributed by atoms with Crippen LogP contribution in [-0.2, 0) is 18.4 Å². The standard InChI is InChI=1S/C43H83N2O6P/c1-6-8-10-12-14-16-18-19-20-21-22-23-24-25-27-29-31-33-35-37-43(47)44-41(40-51-52(48,49)50-39-38-45(3,4)5)42(46)36-34-32-30-28-26-17-15-13-11-9-7-2/h11,13,26,28,34,36,41-42,46H,6-10,12,14-25,27,29-33,35,37-40H2,1-5H3,(H-,44,47,48,49)/p+1/b13-11+,28-26+,36-34+. The summed E-state index contributed by atoms with van der Waals surface area (Å²) >= 11 is 0. The van der Waals surface area contributed by atoms with E-state index in [9.17, 15) is 19.4 Å². The maximum atomic E-state index is 12.8. The summed E-state index contributed by atoms with van der Waals surface area (Å²) in [5.74, 6) is -0.192. The molecule has 0 bridgehead atoms. The second kappa shape index (κ2) is 35.4. The summed E-state index contributed by atoms with van der Waals surface area (Å²) in [5, 5.41) is 13.7. The molecule has 306 valence electrons. The summed E-state index contributed by atoms with van der Waals surface area (Å²) in [6, 6.07) is -0.864. The lowest BCUT2D eigenvalue weighted by Crippen LogP contribution is -2.45. The molecule has 0 saturated heterocycles. The third-order valence-corrected chi connectivity index (χ3v) is 10.3. The van der Waals surface area contributed by atoms with Gasteiger partial charge in [-0.05, 0) is 38.5 Å². The Morgan fingerprint density at radius 1 is 0.635 bits per heavy atom. The second-order valence-corrected chi connectivity index (χ2v) is 17.2. The lowest BCUT2D eigenvalue weighted by atomic mass is 10.0. The first-order valence-corrected chi connectivity index (χ1v) is 22.9. The van der Waals surface area contributed by atoms with Crippen molar-refractivity contribution in [3.63, 3.8) is 0 Å².